The van der Waals surface area contributed by atoms with Gasteiger partial charge in [0.25, 0.3) is 5.91 Å². The van der Waals surface area contributed by atoms with Gasteiger partial charge in [0.15, 0.2) is 0 Å². The van der Waals surface area contributed by atoms with Gasteiger partial charge in [-0.1, -0.05) is 11.6 Å². The number of nitrogens with one attached hydrogen (secondary N) is 3. The molecule has 1 aromatic carbocycles. The molecular weight excluding hydrogens is 325 g/mol. The number of anilines is 1. The fraction of sp³-hybridized carbons (Fsp3) is 0.467. The van der Waals surface area contributed by atoms with E-state index in [1.165, 1.54) is 0 Å². The van der Waals surface area contributed by atoms with Gasteiger partial charge in [-0.3, -0.25) is 9.59 Å². The zero-order valence-corrected chi connectivity index (χ0v) is 14.2. The molecule has 0 spiro atoms. The van der Waals surface area contributed by atoms with E-state index in [1.54, 1.807) is 25.2 Å². The van der Waals surface area contributed by atoms with E-state index in [1.807, 2.05) is 6.92 Å². The van der Waals surface area contributed by atoms with Crippen molar-refractivity contribution in [1.82, 2.24) is 10.6 Å². The molecule has 0 saturated carbocycles. The van der Waals surface area contributed by atoms with Crippen LogP contribution in [-0.4, -0.2) is 32.0 Å². The van der Waals surface area contributed by atoms with Crippen LogP contribution in [-0.2, 0) is 4.79 Å². The normalized spacial score (nSPS) is 20.7. The second kappa shape index (κ2) is 7.81. The Hall–Kier alpha value is -1.30. The molecule has 2 rings (SSSR count). The molecule has 0 bridgehead atoms. The van der Waals surface area contributed by atoms with E-state index in [9.17, 15) is 9.59 Å². The maximum Gasteiger partial charge on any atom is 0.252 e. The van der Waals surface area contributed by atoms with Gasteiger partial charge in [0.05, 0.1) is 16.0 Å². The lowest BCUT2D eigenvalue weighted by Crippen LogP contribution is -2.46. The van der Waals surface area contributed by atoms with Gasteiger partial charge in [0.1, 0.15) is 0 Å². The predicted octanol–water partition coefficient (Wildman–Crippen LogP) is 2.45. The SMILES string of the molecule is CNC(=O)c1cc(NC(=O)C2(C)CCCNC2)ccc1Cl.Cl. The van der Waals surface area contributed by atoms with Gasteiger partial charge in [0.2, 0.25) is 5.91 Å². The van der Waals surface area contributed by atoms with Gasteiger partial charge in [-0.2, -0.15) is 0 Å². The lowest BCUT2D eigenvalue weighted by atomic mass is 9.82. The quantitative estimate of drug-likeness (QED) is 0.787. The first kappa shape index (κ1) is 18.7. The molecule has 1 aliphatic rings. The summed E-state index contributed by atoms with van der Waals surface area (Å²) in [6.07, 6.45) is 1.83. The largest absolute Gasteiger partial charge is 0.355 e. The van der Waals surface area contributed by atoms with Crippen molar-refractivity contribution >= 4 is 41.5 Å². The summed E-state index contributed by atoms with van der Waals surface area (Å²) in [7, 11) is 1.54. The summed E-state index contributed by atoms with van der Waals surface area (Å²) < 4.78 is 0. The third-order valence-corrected chi connectivity index (χ3v) is 4.17. The van der Waals surface area contributed by atoms with Crippen molar-refractivity contribution in [3.05, 3.63) is 28.8 Å². The van der Waals surface area contributed by atoms with Crippen LogP contribution in [0.1, 0.15) is 30.1 Å². The van der Waals surface area contributed by atoms with E-state index in [0.717, 1.165) is 19.4 Å². The molecule has 1 aliphatic heterocycles. The molecular formula is C15H21Cl2N3O2. The number of amides is 2. The molecule has 1 fully saturated rings. The van der Waals surface area contributed by atoms with Crippen LogP contribution in [0.15, 0.2) is 18.2 Å². The van der Waals surface area contributed by atoms with Crippen molar-refractivity contribution in [2.75, 3.05) is 25.5 Å². The second-order valence-electron chi connectivity index (χ2n) is 5.57. The molecule has 22 heavy (non-hydrogen) atoms. The summed E-state index contributed by atoms with van der Waals surface area (Å²) in [4.78, 5) is 24.2. The second-order valence-corrected chi connectivity index (χ2v) is 5.98. The van der Waals surface area contributed by atoms with Crippen LogP contribution in [0.25, 0.3) is 0 Å². The van der Waals surface area contributed by atoms with E-state index < -0.39 is 5.41 Å². The Bertz CT molecular complexity index is 558. The van der Waals surface area contributed by atoms with E-state index in [2.05, 4.69) is 16.0 Å². The molecule has 0 aromatic heterocycles. The zero-order valence-electron chi connectivity index (χ0n) is 12.7. The number of hydrogen-bond acceptors (Lipinski definition) is 3. The van der Waals surface area contributed by atoms with E-state index >= 15 is 0 Å². The zero-order chi connectivity index (χ0) is 15.5. The standard InChI is InChI=1S/C15H20ClN3O2.ClH/c1-15(6-3-7-18-9-15)14(21)19-10-4-5-12(16)11(8-10)13(20)17-2;/h4-5,8,18H,3,6-7,9H2,1-2H3,(H,17,20)(H,19,21);1H. The summed E-state index contributed by atoms with van der Waals surface area (Å²) in [5.74, 6) is -0.318. The number of hydrogen-bond donors (Lipinski definition) is 3. The van der Waals surface area contributed by atoms with E-state index in [-0.39, 0.29) is 24.2 Å². The smallest absolute Gasteiger partial charge is 0.252 e. The summed E-state index contributed by atoms with van der Waals surface area (Å²) in [5, 5.41) is 9.01. The molecule has 2 amide bonds. The Kier molecular flexibility index (Phi) is 6.66. The van der Waals surface area contributed by atoms with Crippen LogP contribution in [0.2, 0.25) is 5.02 Å². The lowest BCUT2D eigenvalue weighted by molar-refractivity contribution is -0.125. The highest BCUT2D eigenvalue weighted by Gasteiger charge is 2.34. The Morgan fingerprint density at radius 3 is 2.68 bits per heavy atom. The van der Waals surface area contributed by atoms with Crippen molar-refractivity contribution in [3.8, 4) is 0 Å². The van der Waals surface area contributed by atoms with E-state index in [4.69, 9.17) is 11.6 Å². The average Bonchev–Trinajstić information content (AvgIpc) is 2.49. The predicted molar refractivity (Wildman–Crippen MR) is 90.9 cm³/mol. The first-order chi connectivity index (χ1) is 9.96. The lowest BCUT2D eigenvalue weighted by Gasteiger charge is -2.32. The van der Waals surface area contributed by atoms with Gasteiger partial charge < -0.3 is 16.0 Å². The highest BCUT2D eigenvalue weighted by atomic mass is 35.5. The first-order valence-corrected chi connectivity index (χ1v) is 7.38. The number of benzene rings is 1. The number of carbonyl (C=O) groups excluding carboxylic acids is 2. The Morgan fingerprint density at radius 2 is 2.09 bits per heavy atom. The maximum absolute atomic E-state index is 12.4. The van der Waals surface area contributed by atoms with Crippen molar-refractivity contribution in [1.29, 1.82) is 0 Å². The van der Waals surface area contributed by atoms with Crippen molar-refractivity contribution in [2.24, 2.45) is 5.41 Å². The highest BCUT2D eigenvalue weighted by Crippen LogP contribution is 2.28. The fourth-order valence-electron chi connectivity index (χ4n) is 2.44. The van der Waals surface area contributed by atoms with Crippen LogP contribution < -0.4 is 16.0 Å². The maximum atomic E-state index is 12.4. The van der Waals surface area contributed by atoms with Crippen LogP contribution in [0.3, 0.4) is 0 Å². The molecule has 3 N–H and O–H groups in total. The topological polar surface area (TPSA) is 70.2 Å². The molecule has 5 nitrogen and oxygen atoms in total. The van der Waals surface area contributed by atoms with E-state index in [0.29, 0.717) is 22.8 Å². The fourth-order valence-corrected chi connectivity index (χ4v) is 2.65. The Balaban J connectivity index is 0.00000242. The number of piperidine rings is 1. The highest BCUT2D eigenvalue weighted by molar-refractivity contribution is 6.34. The molecule has 1 saturated heterocycles. The Morgan fingerprint density at radius 1 is 1.36 bits per heavy atom. The third kappa shape index (κ3) is 4.12. The molecule has 1 heterocycles. The summed E-state index contributed by atoms with van der Waals surface area (Å²) in [6, 6.07) is 4.91. The molecule has 0 radical (unpaired) electrons. The summed E-state index contributed by atoms with van der Waals surface area (Å²) in [5.41, 5.74) is 0.504. The molecule has 122 valence electrons. The first-order valence-electron chi connectivity index (χ1n) is 7.00. The minimum Gasteiger partial charge on any atom is -0.355 e. The van der Waals surface area contributed by atoms with Gasteiger partial charge in [-0.25, -0.2) is 0 Å². The molecule has 7 heteroatoms. The minimum absolute atomic E-state index is 0. The van der Waals surface area contributed by atoms with Gasteiger partial charge in [-0.15, -0.1) is 12.4 Å². The number of halogens is 2. The molecule has 1 atom stereocenters. The third-order valence-electron chi connectivity index (χ3n) is 3.84. The van der Waals surface area contributed by atoms with Crippen molar-refractivity contribution in [2.45, 2.75) is 19.8 Å². The van der Waals surface area contributed by atoms with Crippen molar-refractivity contribution in [3.63, 3.8) is 0 Å². The van der Waals surface area contributed by atoms with Gasteiger partial charge >= 0.3 is 0 Å². The summed E-state index contributed by atoms with van der Waals surface area (Å²) >= 11 is 6.00. The molecule has 0 aliphatic carbocycles. The molecule has 1 aromatic rings. The van der Waals surface area contributed by atoms with Crippen LogP contribution in [0.5, 0.6) is 0 Å². The number of carbonyl (C=O) groups is 2. The Labute approximate surface area is 141 Å². The van der Waals surface area contributed by atoms with Gasteiger partial charge in [-0.05, 0) is 44.5 Å². The minimum atomic E-state index is -0.426. The van der Waals surface area contributed by atoms with Crippen LogP contribution in [0, 0.1) is 5.41 Å². The average molecular weight is 346 g/mol. The summed E-state index contributed by atoms with van der Waals surface area (Å²) in [6.45, 7) is 3.56. The van der Waals surface area contributed by atoms with Gasteiger partial charge in [0, 0.05) is 19.3 Å². The van der Waals surface area contributed by atoms with Crippen LogP contribution >= 0.6 is 24.0 Å². The van der Waals surface area contributed by atoms with Crippen LogP contribution in [0.4, 0.5) is 5.69 Å². The monoisotopic (exact) mass is 345 g/mol. The number of rotatable bonds is 3. The van der Waals surface area contributed by atoms with Crippen molar-refractivity contribution < 1.29 is 9.59 Å². The molecule has 1 unspecified atom stereocenters.